The maximum Gasteiger partial charge on any atom is 0.414 e. The molecule has 1 aliphatic heterocycles. The van der Waals surface area contributed by atoms with E-state index in [1.807, 2.05) is 24.3 Å². The van der Waals surface area contributed by atoms with Crippen molar-refractivity contribution in [2.24, 2.45) is 0 Å². The highest BCUT2D eigenvalue weighted by Crippen LogP contribution is 2.33. The molecular weight excluding hydrogens is 281 g/mol. The number of cyclic esters (lactones) is 1. The Morgan fingerprint density at radius 3 is 2.70 bits per heavy atom. The molecule has 1 heterocycles. The molecule has 3 rings (SSSR count). The highest BCUT2D eigenvalue weighted by molar-refractivity contribution is 6.30. The van der Waals surface area contributed by atoms with Gasteiger partial charge < -0.3 is 4.74 Å². The first-order chi connectivity index (χ1) is 9.66. The van der Waals surface area contributed by atoms with Crippen molar-refractivity contribution in [1.29, 1.82) is 0 Å². The van der Waals surface area contributed by atoms with Crippen molar-refractivity contribution in [3.63, 3.8) is 0 Å². The maximum absolute atomic E-state index is 13.6. The van der Waals surface area contributed by atoms with Gasteiger partial charge in [-0.3, -0.25) is 4.90 Å². The van der Waals surface area contributed by atoms with E-state index in [-0.39, 0.29) is 11.1 Å². The largest absolute Gasteiger partial charge is 0.447 e. The number of amides is 1. The molecule has 102 valence electrons. The fraction of sp³-hybridized carbons (Fsp3) is 0.133. The molecule has 1 amide bonds. The zero-order chi connectivity index (χ0) is 14.1. The molecule has 20 heavy (non-hydrogen) atoms. The van der Waals surface area contributed by atoms with Crippen LogP contribution in [-0.2, 0) is 4.74 Å². The molecule has 0 unspecified atom stereocenters. The number of ether oxygens (including phenoxy) is 1. The summed E-state index contributed by atoms with van der Waals surface area (Å²) in [6.07, 6.45) is -0.383. The molecule has 1 saturated heterocycles. The molecule has 0 N–H and O–H groups in total. The van der Waals surface area contributed by atoms with E-state index in [1.54, 1.807) is 11.0 Å². The summed E-state index contributed by atoms with van der Waals surface area (Å²) in [5.41, 5.74) is 2.14. The number of para-hydroxylation sites is 1. The van der Waals surface area contributed by atoms with Gasteiger partial charge in [0.05, 0.1) is 17.3 Å². The minimum absolute atomic E-state index is 0.0758. The summed E-state index contributed by atoms with van der Waals surface area (Å²) in [6, 6.07) is 11.9. The number of carbonyl (C=O) groups excluding carboxylic acids is 1. The van der Waals surface area contributed by atoms with Crippen molar-refractivity contribution in [3.05, 3.63) is 53.3 Å². The van der Waals surface area contributed by atoms with Crippen LogP contribution in [0.5, 0.6) is 0 Å². The standard InChI is InChI=1S/C15H11ClFNO2/c16-12-6-5-10(9-13(12)17)11-3-1-2-4-14(11)18-7-8-20-15(18)19/h1-6,9H,7-8H2. The SMILES string of the molecule is O=C1OCCN1c1ccccc1-c1ccc(Cl)c(F)c1. The molecule has 1 aliphatic rings. The Balaban J connectivity index is 2.09. The molecular formula is C15H11ClFNO2. The normalized spacial score (nSPS) is 14.5. The first-order valence-corrected chi connectivity index (χ1v) is 6.53. The zero-order valence-corrected chi connectivity index (χ0v) is 11.2. The third kappa shape index (κ3) is 2.23. The molecule has 2 aromatic carbocycles. The van der Waals surface area contributed by atoms with Crippen molar-refractivity contribution in [1.82, 2.24) is 0 Å². The Hall–Kier alpha value is -2.07. The summed E-state index contributed by atoms with van der Waals surface area (Å²) in [5, 5.41) is 0.0758. The van der Waals surface area contributed by atoms with Gasteiger partial charge >= 0.3 is 6.09 Å². The van der Waals surface area contributed by atoms with Gasteiger partial charge in [0.15, 0.2) is 0 Å². The lowest BCUT2D eigenvalue weighted by atomic mass is 10.0. The first kappa shape index (κ1) is 12.9. The van der Waals surface area contributed by atoms with Gasteiger partial charge in [0, 0.05) is 5.56 Å². The van der Waals surface area contributed by atoms with Gasteiger partial charge in [0.25, 0.3) is 0 Å². The van der Waals surface area contributed by atoms with Crippen LogP contribution in [0.2, 0.25) is 5.02 Å². The van der Waals surface area contributed by atoms with Crippen LogP contribution in [0.4, 0.5) is 14.9 Å². The van der Waals surface area contributed by atoms with E-state index >= 15 is 0 Å². The Bertz CT molecular complexity index is 675. The summed E-state index contributed by atoms with van der Waals surface area (Å²) >= 11 is 5.70. The number of carbonyl (C=O) groups is 1. The second-order valence-corrected chi connectivity index (χ2v) is 4.82. The van der Waals surface area contributed by atoms with Crippen LogP contribution in [0.15, 0.2) is 42.5 Å². The topological polar surface area (TPSA) is 29.5 Å². The monoisotopic (exact) mass is 291 g/mol. The minimum atomic E-state index is -0.483. The van der Waals surface area contributed by atoms with Crippen molar-refractivity contribution in [3.8, 4) is 11.1 Å². The highest BCUT2D eigenvalue weighted by atomic mass is 35.5. The number of benzene rings is 2. The van der Waals surface area contributed by atoms with Crippen LogP contribution in [0, 0.1) is 5.82 Å². The lowest BCUT2D eigenvalue weighted by Gasteiger charge is -2.17. The average Bonchev–Trinajstić information content (AvgIpc) is 2.88. The van der Waals surface area contributed by atoms with Crippen LogP contribution in [0.25, 0.3) is 11.1 Å². The Morgan fingerprint density at radius 2 is 2.00 bits per heavy atom. The summed E-state index contributed by atoms with van der Waals surface area (Å²) < 4.78 is 18.6. The highest BCUT2D eigenvalue weighted by Gasteiger charge is 2.25. The first-order valence-electron chi connectivity index (χ1n) is 6.15. The Kier molecular flexibility index (Phi) is 3.32. The third-order valence-corrected chi connectivity index (χ3v) is 3.49. The molecule has 0 saturated carbocycles. The lowest BCUT2D eigenvalue weighted by molar-refractivity contribution is 0.181. The van der Waals surface area contributed by atoms with Gasteiger partial charge in [0.2, 0.25) is 0 Å². The smallest absolute Gasteiger partial charge is 0.414 e. The van der Waals surface area contributed by atoms with Crippen molar-refractivity contribution >= 4 is 23.4 Å². The Morgan fingerprint density at radius 1 is 1.20 bits per heavy atom. The number of hydrogen-bond donors (Lipinski definition) is 0. The molecule has 5 heteroatoms. The van der Waals surface area contributed by atoms with Crippen LogP contribution in [0.3, 0.4) is 0 Å². The predicted octanol–water partition coefficient (Wildman–Crippen LogP) is 4.10. The minimum Gasteiger partial charge on any atom is -0.447 e. The molecule has 0 radical (unpaired) electrons. The fourth-order valence-corrected chi connectivity index (χ4v) is 2.35. The molecule has 0 atom stereocenters. The van der Waals surface area contributed by atoms with Gasteiger partial charge in [-0.15, -0.1) is 0 Å². The molecule has 1 fully saturated rings. The van der Waals surface area contributed by atoms with Gasteiger partial charge in [-0.1, -0.05) is 35.9 Å². The number of anilines is 1. The van der Waals surface area contributed by atoms with Gasteiger partial charge in [-0.2, -0.15) is 0 Å². The van der Waals surface area contributed by atoms with Crippen LogP contribution >= 0.6 is 11.6 Å². The van der Waals surface area contributed by atoms with Crippen LogP contribution in [0.1, 0.15) is 0 Å². The van der Waals surface area contributed by atoms with E-state index in [0.29, 0.717) is 24.4 Å². The molecule has 2 aromatic rings. The Labute approximate surface area is 120 Å². The molecule has 0 aromatic heterocycles. The molecule has 0 spiro atoms. The average molecular weight is 292 g/mol. The number of halogens is 2. The molecule has 3 nitrogen and oxygen atoms in total. The summed E-state index contributed by atoms with van der Waals surface area (Å²) in [6.45, 7) is 0.855. The van der Waals surface area contributed by atoms with Gasteiger partial charge in [0.1, 0.15) is 12.4 Å². The van der Waals surface area contributed by atoms with Crippen LogP contribution in [-0.4, -0.2) is 19.2 Å². The van der Waals surface area contributed by atoms with Crippen molar-refractivity contribution < 1.29 is 13.9 Å². The van der Waals surface area contributed by atoms with Crippen LogP contribution < -0.4 is 4.90 Å². The van der Waals surface area contributed by atoms with Crippen molar-refractivity contribution in [2.45, 2.75) is 0 Å². The number of hydrogen-bond acceptors (Lipinski definition) is 2. The summed E-state index contributed by atoms with van der Waals surface area (Å²) in [4.78, 5) is 13.2. The van der Waals surface area contributed by atoms with Crippen molar-refractivity contribution in [2.75, 3.05) is 18.1 Å². The van der Waals surface area contributed by atoms with Gasteiger partial charge in [-0.25, -0.2) is 9.18 Å². The number of rotatable bonds is 2. The molecule has 0 bridgehead atoms. The van der Waals surface area contributed by atoms with E-state index in [1.165, 1.54) is 12.1 Å². The third-order valence-electron chi connectivity index (χ3n) is 3.19. The van der Waals surface area contributed by atoms with E-state index in [9.17, 15) is 9.18 Å². The predicted molar refractivity (Wildman–Crippen MR) is 75.5 cm³/mol. The second-order valence-electron chi connectivity index (χ2n) is 4.41. The lowest BCUT2D eigenvalue weighted by Crippen LogP contribution is -2.23. The molecule has 0 aliphatic carbocycles. The summed E-state index contributed by atoms with van der Waals surface area (Å²) in [7, 11) is 0. The zero-order valence-electron chi connectivity index (χ0n) is 10.5. The van der Waals surface area contributed by atoms with E-state index in [0.717, 1.165) is 5.56 Å². The van der Waals surface area contributed by atoms with E-state index < -0.39 is 5.82 Å². The van der Waals surface area contributed by atoms with E-state index in [4.69, 9.17) is 16.3 Å². The second kappa shape index (κ2) is 5.13. The van der Waals surface area contributed by atoms with E-state index in [2.05, 4.69) is 0 Å². The maximum atomic E-state index is 13.6. The quantitative estimate of drug-likeness (QED) is 0.833. The summed E-state index contributed by atoms with van der Waals surface area (Å²) in [5.74, 6) is -0.483. The number of nitrogens with zero attached hydrogens (tertiary/aromatic N) is 1. The van der Waals surface area contributed by atoms with Gasteiger partial charge in [-0.05, 0) is 23.8 Å². The fourth-order valence-electron chi connectivity index (χ4n) is 2.23.